The van der Waals surface area contributed by atoms with Gasteiger partial charge in [-0.15, -0.1) is 0 Å². The number of carbonyl (C=O) groups excluding carboxylic acids is 2. The van der Waals surface area contributed by atoms with Gasteiger partial charge in [0.2, 0.25) is 0 Å². The number of Topliss-reactive ketones (excluding diaryl/α,β-unsaturated/α-hetero) is 1. The maximum atomic E-state index is 12.1. The Morgan fingerprint density at radius 1 is 1.38 bits per heavy atom. The molecule has 0 aromatic carbocycles. The van der Waals surface area contributed by atoms with Crippen molar-refractivity contribution >= 4 is 11.8 Å². The quantitative estimate of drug-likeness (QED) is 0.411. The lowest BCUT2D eigenvalue weighted by molar-refractivity contribution is -0.179. The summed E-state index contributed by atoms with van der Waals surface area (Å²) >= 11 is 0. The van der Waals surface area contributed by atoms with Crippen molar-refractivity contribution in [2.75, 3.05) is 0 Å². The maximum absolute atomic E-state index is 12.1. The second-order valence-corrected chi connectivity index (χ2v) is 5.03. The summed E-state index contributed by atoms with van der Waals surface area (Å²) in [6.45, 7) is 8.97. The van der Waals surface area contributed by atoms with E-state index in [1.54, 1.807) is 13.8 Å². The molecule has 1 aliphatic rings. The van der Waals surface area contributed by atoms with Gasteiger partial charge in [-0.3, -0.25) is 9.59 Å². The summed E-state index contributed by atoms with van der Waals surface area (Å²) in [5.41, 5.74) is -0.994. The first-order valence-electron chi connectivity index (χ1n) is 5.70. The van der Waals surface area contributed by atoms with Crippen LogP contribution in [-0.2, 0) is 14.3 Å². The number of rotatable bonds is 2. The normalized spacial score (nSPS) is 31.6. The Morgan fingerprint density at radius 2 is 1.94 bits per heavy atom. The van der Waals surface area contributed by atoms with Gasteiger partial charge in [0.15, 0.2) is 5.78 Å². The summed E-state index contributed by atoms with van der Waals surface area (Å²) in [7, 11) is 0. The predicted octanol–water partition coefficient (Wildman–Crippen LogP) is 2.36. The number of hydrogen-bond acceptors (Lipinski definition) is 3. The van der Waals surface area contributed by atoms with E-state index in [1.807, 2.05) is 32.9 Å². The largest absolute Gasteiger partial charge is 0.460 e. The average molecular weight is 224 g/mol. The monoisotopic (exact) mass is 224 g/mol. The van der Waals surface area contributed by atoms with E-state index in [2.05, 4.69) is 0 Å². The molecule has 0 spiro atoms. The molecule has 16 heavy (non-hydrogen) atoms. The smallest absolute Gasteiger partial charge is 0.319 e. The van der Waals surface area contributed by atoms with Crippen LogP contribution in [0.1, 0.15) is 34.6 Å². The molecule has 3 nitrogen and oxygen atoms in total. The Labute approximate surface area is 96.9 Å². The Morgan fingerprint density at radius 3 is 2.44 bits per heavy atom. The first kappa shape index (κ1) is 12.9. The molecule has 3 heteroatoms. The van der Waals surface area contributed by atoms with Crippen LogP contribution in [0.15, 0.2) is 12.2 Å². The summed E-state index contributed by atoms with van der Waals surface area (Å²) in [6, 6.07) is 0. The highest BCUT2D eigenvalue weighted by Crippen LogP contribution is 2.34. The Bertz CT molecular complexity index is 328. The molecule has 1 heterocycles. The van der Waals surface area contributed by atoms with Crippen LogP contribution in [0.2, 0.25) is 0 Å². The van der Waals surface area contributed by atoms with Gasteiger partial charge in [-0.05, 0) is 20.8 Å². The van der Waals surface area contributed by atoms with Gasteiger partial charge in [0.1, 0.15) is 11.5 Å². The molecule has 1 aliphatic heterocycles. The third kappa shape index (κ3) is 2.04. The number of cyclic esters (lactones) is 1. The van der Waals surface area contributed by atoms with Crippen LogP contribution in [-0.4, -0.2) is 17.9 Å². The molecule has 0 aromatic heterocycles. The van der Waals surface area contributed by atoms with Crippen LogP contribution in [0, 0.1) is 17.3 Å². The minimum atomic E-state index is -0.994. The van der Waals surface area contributed by atoms with Gasteiger partial charge in [-0.2, -0.15) is 0 Å². The van der Waals surface area contributed by atoms with Crippen molar-refractivity contribution < 1.29 is 14.3 Å². The Hall–Kier alpha value is -1.12. The molecule has 0 aliphatic carbocycles. The minimum absolute atomic E-state index is 0.0231. The van der Waals surface area contributed by atoms with E-state index >= 15 is 0 Å². The van der Waals surface area contributed by atoms with E-state index in [0.29, 0.717) is 0 Å². The van der Waals surface area contributed by atoms with Crippen LogP contribution in [0.3, 0.4) is 0 Å². The summed E-state index contributed by atoms with van der Waals surface area (Å²) < 4.78 is 5.39. The Balaban J connectivity index is 2.94. The second kappa shape index (κ2) is 4.40. The molecular weight excluding hydrogens is 204 g/mol. The van der Waals surface area contributed by atoms with Gasteiger partial charge >= 0.3 is 5.97 Å². The van der Waals surface area contributed by atoms with Crippen molar-refractivity contribution in [2.24, 2.45) is 17.3 Å². The molecule has 1 rings (SSSR count). The van der Waals surface area contributed by atoms with Gasteiger partial charge in [-0.25, -0.2) is 0 Å². The number of hydrogen-bond donors (Lipinski definition) is 0. The molecule has 3 atom stereocenters. The lowest BCUT2D eigenvalue weighted by Gasteiger charge is -2.38. The van der Waals surface area contributed by atoms with Crippen molar-refractivity contribution in [3.8, 4) is 0 Å². The molecular formula is C13H20O3. The summed E-state index contributed by atoms with van der Waals surface area (Å²) in [5, 5.41) is 0. The van der Waals surface area contributed by atoms with Crippen LogP contribution in [0.5, 0.6) is 0 Å². The minimum Gasteiger partial charge on any atom is -0.460 e. The lowest BCUT2D eigenvalue weighted by Crippen LogP contribution is -2.51. The van der Waals surface area contributed by atoms with E-state index in [9.17, 15) is 9.59 Å². The first-order chi connectivity index (χ1) is 7.32. The fourth-order valence-corrected chi connectivity index (χ4v) is 2.17. The zero-order valence-electron chi connectivity index (χ0n) is 10.6. The molecule has 0 N–H and O–H groups in total. The van der Waals surface area contributed by atoms with Crippen molar-refractivity contribution in [1.82, 2.24) is 0 Å². The van der Waals surface area contributed by atoms with Crippen molar-refractivity contribution in [1.29, 1.82) is 0 Å². The fraction of sp³-hybridized carbons (Fsp3) is 0.692. The molecule has 0 unspecified atom stereocenters. The second-order valence-electron chi connectivity index (χ2n) is 5.03. The van der Waals surface area contributed by atoms with E-state index in [1.165, 1.54) is 0 Å². The molecule has 1 fully saturated rings. The summed E-state index contributed by atoms with van der Waals surface area (Å²) in [4.78, 5) is 23.8. The number of allylic oxidation sites excluding steroid dienone is 1. The van der Waals surface area contributed by atoms with Crippen LogP contribution < -0.4 is 0 Å². The molecule has 0 amide bonds. The van der Waals surface area contributed by atoms with Crippen LogP contribution in [0.25, 0.3) is 0 Å². The number of ether oxygens (including phenoxy) is 1. The van der Waals surface area contributed by atoms with Crippen molar-refractivity contribution in [3.05, 3.63) is 12.2 Å². The van der Waals surface area contributed by atoms with Gasteiger partial charge in [0.05, 0.1) is 5.92 Å². The molecule has 1 saturated heterocycles. The van der Waals surface area contributed by atoms with E-state index in [0.717, 1.165) is 0 Å². The fourth-order valence-electron chi connectivity index (χ4n) is 2.17. The third-order valence-corrected chi connectivity index (χ3v) is 3.29. The highest BCUT2D eigenvalue weighted by molar-refractivity contribution is 6.05. The van der Waals surface area contributed by atoms with Crippen molar-refractivity contribution in [2.45, 2.75) is 40.7 Å². The standard InChI is InChI=1S/C13H20O3/c1-6-7-8(2)10-9(3)11(14)13(4,5)12(15)16-10/h6-10H,1-5H3/b7-6+/t8-,9+,10-/m0/s1. The lowest BCUT2D eigenvalue weighted by atomic mass is 9.75. The molecule has 0 saturated carbocycles. The van der Waals surface area contributed by atoms with Crippen LogP contribution >= 0.6 is 0 Å². The zero-order chi connectivity index (χ0) is 12.5. The van der Waals surface area contributed by atoms with E-state index < -0.39 is 11.4 Å². The van der Waals surface area contributed by atoms with Crippen molar-refractivity contribution in [3.63, 3.8) is 0 Å². The van der Waals surface area contributed by atoms with Gasteiger partial charge in [0, 0.05) is 5.92 Å². The Kier molecular flexibility index (Phi) is 3.56. The number of ketones is 1. The highest BCUT2D eigenvalue weighted by atomic mass is 16.5. The average Bonchev–Trinajstić information content (AvgIpc) is 2.21. The van der Waals surface area contributed by atoms with E-state index in [-0.39, 0.29) is 23.7 Å². The summed E-state index contributed by atoms with van der Waals surface area (Å²) in [5.74, 6) is -0.593. The number of carbonyl (C=O) groups is 2. The first-order valence-corrected chi connectivity index (χ1v) is 5.70. The molecule has 90 valence electrons. The molecule has 0 radical (unpaired) electrons. The molecule has 0 aromatic rings. The van der Waals surface area contributed by atoms with Gasteiger partial charge < -0.3 is 4.74 Å². The third-order valence-electron chi connectivity index (χ3n) is 3.29. The van der Waals surface area contributed by atoms with Gasteiger partial charge in [-0.1, -0.05) is 26.0 Å². The summed E-state index contributed by atoms with van der Waals surface area (Å²) in [6.07, 6.45) is 3.54. The van der Waals surface area contributed by atoms with Gasteiger partial charge in [0.25, 0.3) is 0 Å². The predicted molar refractivity (Wildman–Crippen MR) is 61.8 cm³/mol. The topological polar surface area (TPSA) is 43.4 Å². The van der Waals surface area contributed by atoms with Crippen LogP contribution in [0.4, 0.5) is 0 Å². The SMILES string of the molecule is C/C=C/[C@H](C)[C@@H]1OC(=O)C(C)(C)C(=O)[C@@H]1C. The zero-order valence-corrected chi connectivity index (χ0v) is 10.6. The van der Waals surface area contributed by atoms with E-state index in [4.69, 9.17) is 4.74 Å². The highest BCUT2D eigenvalue weighted by Gasteiger charge is 2.49. The maximum Gasteiger partial charge on any atom is 0.319 e. The molecule has 0 bridgehead atoms. The number of esters is 1.